The van der Waals surface area contributed by atoms with E-state index in [1.807, 2.05) is 18.2 Å². The number of hydrazone groups is 1. The van der Waals surface area contributed by atoms with Gasteiger partial charge in [-0.2, -0.15) is 5.10 Å². The van der Waals surface area contributed by atoms with Gasteiger partial charge in [0.05, 0.1) is 17.8 Å². The van der Waals surface area contributed by atoms with Crippen LogP contribution in [0.4, 0.5) is 0 Å². The molecule has 0 aliphatic rings. The first-order chi connectivity index (χ1) is 7.13. The van der Waals surface area contributed by atoms with Gasteiger partial charge in [-0.3, -0.25) is 5.43 Å². The highest BCUT2D eigenvalue weighted by Crippen LogP contribution is 2.24. The summed E-state index contributed by atoms with van der Waals surface area (Å²) in [6.45, 7) is 0. The summed E-state index contributed by atoms with van der Waals surface area (Å²) < 4.78 is 5.96. The van der Waals surface area contributed by atoms with Gasteiger partial charge in [0.15, 0.2) is 5.11 Å². The lowest BCUT2D eigenvalue weighted by Gasteiger charge is -2.03. The Balaban J connectivity index is 2.75. The van der Waals surface area contributed by atoms with E-state index in [2.05, 4.69) is 38.7 Å². The molecule has 0 spiro atoms. The predicted octanol–water partition coefficient (Wildman–Crippen LogP) is 1.62. The molecule has 6 heteroatoms. The summed E-state index contributed by atoms with van der Waals surface area (Å²) in [6.07, 6.45) is 1.61. The number of nitrogens with two attached hydrogens (primary N) is 1. The third-order valence-corrected chi connectivity index (χ3v) is 2.28. The molecule has 0 fully saturated rings. The fourth-order valence-electron chi connectivity index (χ4n) is 0.933. The van der Waals surface area contributed by atoms with Crippen LogP contribution in [-0.2, 0) is 0 Å². The topological polar surface area (TPSA) is 59.6 Å². The molecule has 80 valence electrons. The Kier molecular flexibility index (Phi) is 4.51. The molecule has 0 aliphatic heterocycles. The number of methoxy groups -OCH3 is 1. The van der Waals surface area contributed by atoms with E-state index in [0.29, 0.717) is 0 Å². The van der Waals surface area contributed by atoms with Gasteiger partial charge in [0.25, 0.3) is 0 Å². The number of rotatable bonds is 3. The van der Waals surface area contributed by atoms with Crippen LogP contribution < -0.4 is 15.9 Å². The first-order valence-electron chi connectivity index (χ1n) is 4.05. The number of benzene rings is 1. The van der Waals surface area contributed by atoms with Crippen LogP contribution in [0.5, 0.6) is 5.75 Å². The van der Waals surface area contributed by atoms with Crippen molar-refractivity contribution in [3.63, 3.8) is 0 Å². The molecular formula is C9H10BrN3OS. The number of thiocarbonyl (C=S) groups is 1. The largest absolute Gasteiger partial charge is 0.496 e. The normalized spacial score (nSPS) is 10.3. The highest BCUT2D eigenvalue weighted by Gasteiger charge is 1.99. The van der Waals surface area contributed by atoms with Crippen LogP contribution in [0.15, 0.2) is 27.8 Å². The predicted molar refractivity (Wildman–Crippen MR) is 68.2 cm³/mol. The summed E-state index contributed by atoms with van der Waals surface area (Å²) in [4.78, 5) is 0. The molecule has 0 bridgehead atoms. The van der Waals surface area contributed by atoms with Crippen LogP contribution in [0.25, 0.3) is 0 Å². The number of hydrogen-bond donors (Lipinski definition) is 2. The smallest absolute Gasteiger partial charge is 0.184 e. The summed E-state index contributed by atoms with van der Waals surface area (Å²) in [6, 6.07) is 5.59. The van der Waals surface area contributed by atoms with E-state index in [9.17, 15) is 0 Å². The van der Waals surface area contributed by atoms with E-state index in [1.54, 1.807) is 13.3 Å². The molecule has 0 heterocycles. The zero-order valence-corrected chi connectivity index (χ0v) is 10.4. The second-order valence-corrected chi connectivity index (χ2v) is 3.92. The number of hydrogen-bond acceptors (Lipinski definition) is 3. The maximum Gasteiger partial charge on any atom is 0.184 e. The molecule has 0 unspecified atom stereocenters. The van der Waals surface area contributed by atoms with Gasteiger partial charge in [-0.1, -0.05) is 0 Å². The summed E-state index contributed by atoms with van der Waals surface area (Å²) in [7, 11) is 1.61. The van der Waals surface area contributed by atoms with E-state index in [4.69, 9.17) is 10.5 Å². The molecule has 1 aromatic rings. The first-order valence-corrected chi connectivity index (χ1v) is 5.25. The van der Waals surface area contributed by atoms with Crippen molar-refractivity contribution in [2.24, 2.45) is 10.8 Å². The molecule has 0 saturated carbocycles. The molecule has 0 radical (unpaired) electrons. The Hall–Kier alpha value is -1.14. The highest BCUT2D eigenvalue weighted by atomic mass is 79.9. The average molecular weight is 288 g/mol. The molecule has 15 heavy (non-hydrogen) atoms. The summed E-state index contributed by atoms with van der Waals surface area (Å²) in [5.41, 5.74) is 8.59. The van der Waals surface area contributed by atoms with Crippen molar-refractivity contribution in [2.75, 3.05) is 7.11 Å². The van der Waals surface area contributed by atoms with Crippen molar-refractivity contribution in [3.8, 4) is 5.75 Å². The van der Waals surface area contributed by atoms with Gasteiger partial charge >= 0.3 is 0 Å². The van der Waals surface area contributed by atoms with E-state index >= 15 is 0 Å². The van der Waals surface area contributed by atoms with E-state index in [-0.39, 0.29) is 5.11 Å². The molecule has 0 atom stereocenters. The van der Waals surface area contributed by atoms with Crippen LogP contribution in [-0.4, -0.2) is 18.4 Å². The van der Waals surface area contributed by atoms with Crippen LogP contribution >= 0.6 is 28.1 Å². The third-order valence-electron chi connectivity index (χ3n) is 1.56. The molecule has 4 nitrogen and oxygen atoms in total. The van der Waals surface area contributed by atoms with Crippen LogP contribution in [0.3, 0.4) is 0 Å². The Morgan fingerprint density at radius 3 is 2.93 bits per heavy atom. The third kappa shape index (κ3) is 3.85. The molecular weight excluding hydrogens is 278 g/mol. The Bertz CT molecular complexity index is 395. The SMILES string of the molecule is COc1ccc(/C=N/NC(N)=S)cc1Br. The first kappa shape index (κ1) is 11.9. The quantitative estimate of drug-likeness (QED) is 0.504. The number of halogens is 1. The van der Waals surface area contributed by atoms with Crippen molar-refractivity contribution >= 4 is 39.5 Å². The number of nitrogens with zero attached hydrogens (tertiary/aromatic N) is 1. The van der Waals surface area contributed by atoms with Gasteiger partial charge in [-0.05, 0) is 51.9 Å². The second kappa shape index (κ2) is 5.67. The molecule has 1 aromatic carbocycles. The van der Waals surface area contributed by atoms with Crippen molar-refractivity contribution in [1.29, 1.82) is 0 Å². The lowest BCUT2D eigenvalue weighted by Crippen LogP contribution is -2.23. The minimum atomic E-state index is 0.138. The van der Waals surface area contributed by atoms with Crippen LogP contribution in [0.1, 0.15) is 5.56 Å². The lowest BCUT2D eigenvalue weighted by atomic mass is 10.2. The van der Waals surface area contributed by atoms with Gasteiger partial charge < -0.3 is 10.5 Å². The summed E-state index contributed by atoms with van der Waals surface area (Å²) in [5, 5.41) is 3.97. The maximum absolute atomic E-state index is 5.21. The van der Waals surface area contributed by atoms with E-state index < -0.39 is 0 Å². The van der Waals surface area contributed by atoms with Gasteiger partial charge in [0.2, 0.25) is 0 Å². The fraction of sp³-hybridized carbons (Fsp3) is 0.111. The maximum atomic E-state index is 5.21. The van der Waals surface area contributed by atoms with Gasteiger partial charge in [0, 0.05) is 0 Å². The van der Waals surface area contributed by atoms with Crippen molar-refractivity contribution in [3.05, 3.63) is 28.2 Å². The molecule has 0 aromatic heterocycles. The molecule has 0 amide bonds. The Labute approximate surface area is 102 Å². The average Bonchev–Trinajstić information content (AvgIpc) is 2.17. The van der Waals surface area contributed by atoms with Crippen molar-refractivity contribution < 1.29 is 4.74 Å². The fourth-order valence-corrected chi connectivity index (χ4v) is 1.54. The summed E-state index contributed by atoms with van der Waals surface area (Å²) in [5.74, 6) is 0.773. The van der Waals surface area contributed by atoms with Crippen molar-refractivity contribution in [2.45, 2.75) is 0 Å². The standard InChI is InChI=1S/C9H10BrN3OS/c1-14-8-3-2-6(4-7(8)10)5-12-13-9(11)15/h2-5H,1H3,(H3,11,13,15)/b12-5+. The minimum Gasteiger partial charge on any atom is -0.496 e. The molecule has 0 saturated heterocycles. The van der Waals surface area contributed by atoms with Crippen LogP contribution in [0.2, 0.25) is 0 Å². The van der Waals surface area contributed by atoms with E-state index in [0.717, 1.165) is 15.8 Å². The molecule has 3 N–H and O–H groups in total. The lowest BCUT2D eigenvalue weighted by molar-refractivity contribution is 0.412. The number of nitrogens with one attached hydrogen (secondary N) is 1. The number of ether oxygens (including phenoxy) is 1. The zero-order chi connectivity index (χ0) is 11.3. The van der Waals surface area contributed by atoms with E-state index in [1.165, 1.54) is 0 Å². The highest BCUT2D eigenvalue weighted by molar-refractivity contribution is 9.10. The Morgan fingerprint density at radius 1 is 1.67 bits per heavy atom. The molecule has 1 rings (SSSR count). The van der Waals surface area contributed by atoms with Gasteiger partial charge in [-0.25, -0.2) is 0 Å². The minimum absolute atomic E-state index is 0.138. The molecule has 0 aliphatic carbocycles. The zero-order valence-electron chi connectivity index (χ0n) is 8.03. The van der Waals surface area contributed by atoms with Gasteiger partial charge in [-0.15, -0.1) is 0 Å². The summed E-state index contributed by atoms with van der Waals surface area (Å²) >= 11 is 7.97. The van der Waals surface area contributed by atoms with Crippen molar-refractivity contribution in [1.82, 2.24) is 5.43 Å². The Morgan fingerprint density at radius 2 is 2.40 bits per heavy atom. The van der Waals surface area contributed by atoms with Gasteiger partial charge in [0.1, 0.15) is 5.75 Å². The van der Waals surface area contributed by atoms with Crippen LogP contribution in [0, 0.1) is 0 Å². The second-order valence-electron chi connectivity index (χ2n) is 2.63. The monoisotopic (exact) mass is 287 g/mol.